The van der Waals surface area contributed by atoms with Crippen molar-refractivity contribution < 1.29 is 8.83 Å². The number of fused-ring (bicyclic) bond motifs is 13. The SMILES string of the molecule is Cc1ccccc1-c1cccc2c1oc1c(N(c3ccc4c(c3)C(c3ccccc3)(c3ccccc3)c3cc(N(c5ccc6ccccc6c5)c5cccc6c5oc5c(-c7ccccc7[Si](c7ccccc7)(c7ccccc7)c7ccccc7)cccc56)c5ccccc5c3-4)c3ccc4ccccc4c3)cccc12. The van der Waals surface area contributed by atoms with Crippen LogP contribution in [0.3, 0.4) is 0 Å². The maximum Gasteiger partial charge on any atom is 0.180 e. The lowest BCUT2D eigenvalue weighted by Crippen LogP contribution is -2.75. The number of hydrogen-bond acceptors (Lipinski definition) is 4. The topological polar surface area (TPSA) is 32.8 Å². The summed E-state index contributed by atoms with van der Waals surface area (Å²) in [4.78, 5) is 4.94. The van der Waals surface area contributed by atoms with Gasteiger partial charge in [-0.3, -0.25) is 0 Å². The maximum absolute atomic E-state index is 7.87. The molecular weight excluding hydrogens is 1340 g/mol. The smallest absolute Gasteiger partial charge is 0.180 e. The number of para-hydroxylation sites is 4. The molecule has 0 amide bonds. The van der Waals surface area contributed by atoms with Crippen LogP contribution in [0.15, 0.2) is 415 Å². The lowest BCUT2D eigenvalue weighted by atomic mass is 9.67. The minimum Gasteiger partial charge on any atom is -0.453 e. The van der Waals surface area contributed by atoms with Crippen molar-refractivity contribution in [2.75, 3.05) is 9.80 Å². The van der Waals surface area contributed by atoms with E-state index in [9.17, 15) is 0 Å². The molecule has 1 aliphatic carbocycles. The van der Waals surface area contributed by atoms with E-state index in [0.717, 1.165) is 138 Å². The molecule has 2 heterocycles. The third-order valence-electron chi connectivity index (χ3n) is 23.2. The summed E-state index contributed by atoms with van der Waals surface area (Å²) in [5, 5.41) is 16.3. The van der Waals surface area contributed by atoms with Gasteiger partial charge in [0.15, 0.2) is 19.2 Å². The average Bonchev–Trinajstić information content (AvgIpc) is 1.53. The Kier molecular flexibility index (Phi) is 15.0. The highest BCUT2D eigenvalue weighted by Gasteiger charge is 2.49. The average molecular weight is 1410 g/mol. The number of nitrogens with zero attached hydrogens (tertiary/aromatic N) is 2. The van der Waals surface area contributed by atoms with Crippen molar-refractivity contribution in [3.8, 4) is 33.4 Å². The second-order valence-corrected chi connectivity index (χ2v) is 32.7. The summed E-state index contributed by atoms with van der Waals surface area (Å²) in [6, 6.07) is 151. The fourth-order valence-electron chi connectivity index (χ4n) is 18.4. The number of rotatable bonds is 14. The van der Waals surface area contributed by atoms with Crippen molar-refractivity contribution in [2.45, 2.75) is 12.3 Å². The summed E-state index contributed by atoms with van der Waals surface area (Å²) < 4.78 is 15.3. The third kappa shape index (κ3) is 9.90. The molecule has 21 rings (SSSR count). The van der Waals surface area contributed by atoms with Crippen molar-refractivity contribution in [1.82, 2.24) is 0 Å². The predicted octanol–water partition coefficient (Wildman–Crippen LogP) is 25.3. The van der Waals surface area contributed by atoms with E-state index in [-0.39, 0.29) is 0 Å². The van der Waals surface area contributed by atoms with E-state index in [2.05, 4.69) is 423 Å². The van der Waals surface area contributed by atoms with Gasteiger partial charge in [0.05, 0.1) is 22.5 Å². The van der Waals surface area contributed by atoms with Gasteiger partial charge >= 0.3 is 0 Å². The van der Waals surface area contributed by atoms with Gasteiger partial charge in [0, 0.05) is 55.1 Å². The first-order chi connectivity index (χ1) is 54.0. The zero-order chi connectivity index (χ0) is 72.2. The van der Waals surface area contributed by atoms with Crippen LogP contribution in [0.25, 0.3) is 110 Å². The molecular formula is C104H70N2O2Si. The molecule has 2 aromatic heterocycles. The van der Waals surface area contributed by atoms with E-state index in [1.807, 2.05) is 0 Å². The van der Waals surface area contributed by atoms with Crippen molar-refractivity contribution in [2.24, 2.45) is 0 Å². The predicted molar refractivity (Wildman–Crippen MR) is 459 cm³/mol. The van der Waals surface area contributed by atoms with E-state index < -0.39 is 13.5 Å². The number of anilines is 6. The van der Waals surface area contributed by atoms with Gasteiger partial charge in [0.25, 0.3) is 0 Å². The van der Waals surface area contributed by atoms with Crippen molar-refractivity contribution in [3.05, 3.63) is 434 Å². The Labute approximate surface area is 633 Å². The molecule has 109 heavy (non-hydrogen) atoms. The molecule has 0 radical (unpaired) electrons. The molecule has 0 saturated heterocycles. The summed E-state index contributed by atoms with van der Waals surface area (Å²) >= 11 is 0. The van der Waals surface area contributed by atoms with Crippen LogP contribution in [0.4, 0.5) is 34.1 Å². The van der Waals surface area contributed by atoms with Crippen LogP contribution in [0, 0.1) is 6.92 Å². The molecule has 4 nitrogen and oxygen atoms in total. The summed E-state index contributed by atoms with van der Waals surface area (Å²) in [7, 11) is -3.05. The van der Waals surface area contributed by atoms with Crippen LogP contribution in [0.1, 0.15) is 27.8 Å². The van der Waals surface area contributed by atoms with Crippen molar-refractivity contribution in [1.29, 1.82) is 0 Å². The first kappa shape index (κ1) is 63.6. The molecule has 18 aromatic carbocycles. The van der Waals surface area contributed by atoms with Gasteiger partial charge in [0.2, 0.25) is 0 Å². The Morgan fingerprint density at radius 3 is 1.19 bits per heavy atom. The summed E-state index contributed by atoms with van der Waals surface area (Å²) in [6.07, 6.45) is 0. The minimum atomic E-state index is -3.05. The number of aryl methyl sites for hydroxylation is 1. The quantitative estimate of drug-likeness (QED) is 0.0802. The second kappa shape index (κ2) is 25.7. The molecule has 0 aliphatic heterocycles. The summed E-state index contributed by atoms with van der Waals surface area (Å²) in [6.45, 7) is 2.18. The standard InChI is InChI=1S/C104H70N2O2Si/c1-69-31-17-22-46-82(69)86-50-27-52-88-90-54-29-56-95(102(90)107-100(86)88)105(76-61-59-70-32-18-20-34-72(70)65-76)78-63-64-92-93(67-78)104(74-36-7-2-8-37-74,75-38-9-3-10-39-75)94-68-97(83-47-23-24-49-85(83)99(92)94)106(77-62-60-71-33-19-21-35-73(71)66-77)96-57-30-55-91-89-53-28-51-87(101(89)108-103(91)96)84-48-25-26-58-98(84)109(79-40-11-4-12-41-79,80-42-13-5-14-43-80)81-44-15-6-16-45-81/h2-68H,1H3. The van der Waals surface area contributed by atoms with Gasteiger partial charge in [-0.25, -0.2) is 0 Å². The zero-order valence-corrected chi connectivity index (χ0v) is 60.9. The van der Waals surface area contributed by atoms with Gasteiger partial charge in [-0.15, -0.1) is 0 Å². The minimum absolute atomic E-state index is 0.794. The van der Waals surface area contributed by atoms with E-state index in [1.165, 1.54) is 54.0 Å². The first-order valence-electron chi connectivity index (χ1n) is 37.6. The summed E-state index contributed by atoms with van der Waals surface area (Å²) in [5.74, 6) is 0. The molecule has 1 aliphatic rings. The lowest BCUT2D eigenvalue weighted by Gasteiger charge is -2.36. The van der Waals surface area contributed by atoms with Crippen LogP contribution < -0.4 is 30.5 Å². The van der Waals surface area contributed by atoms with Crippen LogP contribution in [0.5, 0.6) is 0 Å². The highest BCUT2D eigenvalue weighted by molar-refractivity contribution is 7.20. The van der Waals surface area contributed by atoms with Crippen molar-refractivity contribution in [3.63, 3.8) is 0 Å². The zero-order valence-electron chi connectivity index (χ0n) is 59.9. The van der Waals surface area contributed by atoms with E-state index in [0.29, 0.717) is 0 Å². The molecule has 0 unspecified atom stereocenters. The van der Waals surface area contributed by atoms with E-state index >= 15 is 0 Å². The first-order valence-corrected chi connectivity index (χ1v) is 39.6. The Balaban J connectivity index is 0.817. The number of hydrogen-bond donors (Lipinski definition) is 0. The van der Waals surface area contributed by atoms with Gasteiger partial charge in [-0.05, 0) is 159 Å². The van der Waals surface area contributed by atoms with Crippen LogP contribution in [-0.4, -0.2) is 8.07 Å². The molecule has 512 valence electrons. The highest BCUT2D eigenvalue weighted by atomic mass is 28.3. The fourth-order valence-corrected chi connectivity index (χ4v) is 23.4. The van der Waals surface area contributed by atoms with Crippen LogP contribution in [-0.2, 0) is 5.41 Å². The molecule has 0 spiro atoms. The Morgan fingerprint density at radius 1 is 0.248 bits per heavy atom. The van der Waals surface area contributed by atoms with Gasteiger partial charge in [0.1, 0.15) is 11.2 Å². The Morgan fingerprint density at radius 2 is 0.642 bits per heavy atom. The molecule has 0 bridgehead atoms. The number of benzene rings is 18. The second-order valence-electron chi connectivity index (χ2n) is 28.9. The van der Waals surface area contributed by atoms with Crippen molar-refractivity contribution >= 4 is 139 Å². The van der Waals surface area contributed by atoms with Gasteiger partial charge < -0.3 is 18.6 Å². The molecule has 5 heteroatoms. The van der Waals surface area contributed by atoms with E-state index in [4.69, 9.17) is 8.83 Å². The van der Waals surface area contributed by atoms with Gasteiger partial charge in [-0.2, -0.15) is 0 Å². The monoisotopic (exact) mass is 1410 g/mol. The highest BCUT2D eigenvalue weighted by Crippen LogP contribution is 2.62. The normalized spacial score (nSPS) is 12.5. The Hall–Kier alpha value is -13.8. The Bertz CT molecular complexity index is 6810. The largest absolute Gasteiger partial charge is 0.453 e. The van der Waals surface area contributed by atoms with Crippen LogP contribution in [0.2, 0.25) is 0 Å². The molecule has 0 fully saturated rings. The number of furan rings is 2. The van der Waals surface area contributed by atoms with E-state index in [1.54, 1.807) is 0 Å². The van der Waals surface area contributed by atoms with Gasteiger partial charge in [-0.1, -0.05) is 352 Å². The fraction of sp³-hybridized carbons (Fsp3) is 0.0192. The molecule has 0 N–H and O–H groups in total. The maximum atomic E-state index is 7.87. The molecule has 20 aromatic rings. The molecule has 0 saturated carbocycles. The lowest BCUT2D eigenvalue weighted by molar-refractivity contribution is 0.670. The third-order valence-corrected chi connectivity index (χ3v) is 28.0. The summed E-state index contributed by atoms with van der Waals surface area (Å²) in [5.41, 5.74) is 21.0. The molecule has 0 atom stereocenters. The van der Waals surface area contributed by atoms with Crippen LogP contribution >= 0.6 is 0 Å².